The Morgan fingerprint density at radius 3 is 2.62 bits per heavy atom. The minimum atomic E-state index is -0.330. The lowest BCUT2D eigenvalue weighted by Crippen LogP contribution is -2.36. The summed E-state index contributed by atoms with van der Waals surface area (Å²) in [6.07, 6.45) is 1.04. The molecule has 0 aliphatic heterocycles. The van der Waals surface area contributed by atoms with Crippen LogP contribution in [0.5, 0.6) is 0 Å². The number of aliphatic hydroxyl groups excluding tert-OH is 1. The fraction of sp³-hybridized carbons (Fsp3) is 0.417. The number of nitrogens with two attached hydrogens (primary N) is 1. The van der Waals surface area contributed by atoms with E-state index in [0.29, 0.717) is 13.0 Å². The van der Waals surface area contributed by atoms with Crippen molar-refractivity contribution in [1.29, 1.82) is 0 Å². The van der Waals surface area contributed by atoms with Crippen molar-refractivity contribution in [2.75, 3.05) is 13.2 Å². The van der Waals surface area contributed by atoms with Crippen molar-refractivity contribution in [2.24, 2.45) is 5.73 Å². The monoisotopic (exact) mass is 222 g/mol. The van der Waals surface area contributed by atoms with Crippen LogP contribution < -0.4 is 11.1 Å². The van der Waals surface area contributed by atoms with E-state index in [1.165, 1.54) is 0 Å². The van der Waals surface area contributed by atoms with Crippen LogP contribution in [-0.2, 0) is 11.2 Å². The molecule has 1 atom stereocenters. The number of primary amides is 1. The summed E-state index contributed by atoms with van der Waals surface area (Å²) >= 11 is 0. The van der Waals surface area contributed by atoms with Gasteiger partial charge >= 0.3 is 0 Å². The Hall–Kier alpha value is -1.39. The fourth-order valence-electron chi connectivity index (χ4n) is 1.50. The van der Waals surface area contributed by atoms with E-state index in [2.05, 4.69) is 5.32 Å². The van der Waals surface area contributed by atoms with Gasteiger partial charge in [0, 0.05) is 19.0 Å². The Bertz CT molecular complexity index is 314. The van der Waals surface area contributed by atoms with Gasteiger partial charge in [0.25, 0.3) is 0 Å². The zero-order chi connectivity index (χ0) is 11.8. The normalized spacial score (nSPS) is 12.3. The average molecular weight is 222 g/mol. The number of benzene rings is 1. The van der Waals surface area contributed by atoms with E-state index in [0.717, 1.165) is 12.0 Å². The molecule has 1 amide bonds. The van der Waals surface area contributed by atoms with Gasteiger partial charge in [-0.05, 0) is 12.0 Å². The summed E-state index contributed by atoms with van der Waals surface area (Å²) in [5.41, 5.74) is 6.19. The molecule has 1 rings (SSSR count). The molecule has 88 valence electrons. The van der Waals surface area contributed by atoms with Crippen LogP contribution in [0.4, 0.5) is 0 Å². The average Bonchev–Trinajstić information content (AvgIpc) is 2.28. The predicted molar refractivity (Wildman–Crippen MR) is 62.8 cm³/mol. The first-order valence-corrected chi connectivity index (χ1v) is 5.39. The molecule has 4 N–H and O–H groups in total. The largest absolute Gasteiger partial charge is 0.395 e. The zero-order valence-corrected chi connectivity index (χ0v) is 9.23. The first-order valence-electron chi connectivity index (χ1n) is 5.39. The molecule has 0 aliphatic rings. The molecule has 0 radical (unpaired) electrons. The molecule has 0 heterocycles. The topological polar surface area (TPSA) is 75.4 Å². The Morgan fingerprint density at radius 1 is 1.38 bits per heavy atom. The summed E-state index contributed by atoms with van der Waals surface area (Å²) in [4.78, 5) is 10.5. The number of hydrogen-bond acceptors (Lipinski definition) is 3. The maximum Gasteiger partial charge on any atom is 0.218 e. The smallest absolute Gasteiger partial charge is 0.218 e. The minimum Gasteiger partial charge on any atom is -0.395 e. The highest BCUT2D eigenvalue weighted by atomic mass is 16.3. The van der Waals surface area contributed by atoms with Crippen LogP contribution in [0.1, 0.15) is 12.0 Å². The lowest BCUT2D eigenvalue weighted by molar-refractivity contribution is -0.117. The third-order valence-corrected chi connectivity index (χ3v) is 2.35. The number of nitrogens with one attached hydrogen (secondary N) is 1. The summed E-state index contributed by atoms with van der Waals surface area (Å²) < 4.78 is 0. The molecule has 0 fully saturated rings. The van der Waals surface area contributed by atoms with E-state index in [1.54, 1.807) is 0 Å². The van der Waals surface area contributed by atoms with Gasteiger partial charge in [-0.2, -0.15) is 0 Å². The van der Waals surface area contributed by atoms with Crippen LogP contribution in [0.2, 0.25) is 0 Å². The summed E-state index contributed by atoms with van der Waals surface area (Å²) in [6.45, 7) is 0.557. The van der Waals surface area contributed by atoms with Gasteiger partial charge in [0.05, 0.1) is 6.61 Å². The Morgan fingerprint density at radius 2 is 2.06 bits per heavy atom. The molecule has 1 aromatic carbocycles. The van der Waals surface area contributed by atoms with Crippen LogP contribution >= 0.6 is 0 Å². The van der Waals surface area contributed by atoms with Crippen LogP contribution in [0.15, 0.2) is 30.3 Å². The van der Waals surface area contributed by atoms with Crippen LogP contribution in [0.3, 0.4) is 0 Å². The van der Waals surface area contributed by atoms with Gasteiger partial charge < -0.3 is 16.2 Å². The molecule has 16 heavy (non-hydrogen) atoms. The summed E-state index contributed by atoms with van der Waals surface area (Å²) in [7, 11) is 0. The maximum atomic E-state index is 10.5. The van der Waals surface area contributed by atoms with E-state index in [4.69, 9.17) is 5.73 Å². The highest BCUT2D eigenvalue weighted by Crippen LogP contribution is 2.02. The van der Waals surface area contributed by atoms with Crippen molar-refractivity contribution in [3.63, 3.8) is 0 Å². The number of carbonyl (C=O) groups excluding carboxylic acids is 1. The quantitative estimate of drug-likeness (QED) is 0.610. The van der Waals surface area contributed by atoms with Crippen LogP contribution in [-0.4, -0.2) is 30.2 Å². The summed E-state index contributed by atoms with van der Waals surface area (Å²) in [5, 5.41) is 12.3. The van der Waals surface area contributed by atoms with Gasteiger partial charge in [0.1, 0.15) is 0 Å². The number of aliphatic hydroxyl groups is 1. The van der Waals surface area contributed by atoms with Crippen LogP contribution in [0, 0.1) is 0 Å². The van der Waals surface area contributed by atoms with Crippen molar-refractivity contribution >= 4 is 5.91 Å². The number of rotatable bonds is 7. The summed E-state index contributed by atoms with van der Waals surface area (Å²) in [5.74, 6) is -0.330. The molecule has 0 aromatic heterocycles. The highest BCUT2D eigenvalue weighted by molar-refractivity contribution is 5.73. The van der Waals surface area contributed by atoms with Crippen LogP contribution in [0.25, 0.3) is 0 Å². The first-order chi connectivity index (χ1) is 7.72. The SMILES string of the molecule is NC(=O)CCNC(CO)Cc1ccccc1. The molecule has 0 bridgehead atoms. The lowest BCUT2D eigenvalue weighted by atomic mass is 10.1. The van der Waals surface area contributed by atoms with E-state index in [9.17, 15) is 9.90 Å². The van der Waals surface area contributed by atoms with Gasteiger partial charge in [-0.1, -0.05) is 30.3 Å². The van der Waals surface area contributed by atoms with Crippen molar-refractivity contribution in [3.05, 3.63) is 35.9 Å². The second-order valence-electron chi connectivity index (χ2n) is 3.74. The van der Waals surface area contributed by atoms with Crippen molar-refractivity contribution in [3.8, 4) is 0 Å². The molecule has 0 spiro atoms. The molecular formula is C12H18N2O2. The van der Waals surface area contributed by atoms with E-state index in [1.807, 2.05) is 30.3 Å². The maximum absolute atomic E-state index is 10.5. The van der Waals surface area contributed by atoms with Gasteiger partial charge in [0.15, 0.2) is 0 Å². The number of carbonyl (C=O) groups is 1. The minimum absolute atomic E-state index is 0.0262. The number of amides is 1. The lowest BCUT2D eigenvalue weighted by Gasteiger charge is -2.15. The van der Waals surface area contributed by atoms with Crippen molar-refractivity contribution in [1.82, 2.24) is 5.32 Å². The second-order valence-corrected chi connectivity index (χ2v) is 3.74. The molecule has 0 aliphatic carbocycles. The zero-order valence-electron chi connectivity index (χ0n) is 9.23. The molecular weight excluding hydrogens is 204 g/mol. The molecule has 0 saturated heterocycles. The van der Waals surface area contributed by atoms with E-state index >= 15 is 0 Å². The third kappa shape index (κ3) is 4.91. The Kier molecular flexibility index (Phi) is 5.53. The van der Waals surface area contributed by atoms with E-state index < -0.39 is 0 Å². The molecule has 1 unspecified atom stereocenters. The predicted octanol–water partition coefficient (Wildman–Crippen LogP) is 0.0550. The molecule has 1 aromatic rings. The Balaban J connectivity index is 2.34. The fourth-order valence-corrected chi connectivity index (χ4v) is 1.50. The third-order valence-electron chi connectivity index (χ3n) is 2.35. The van der Waals surface area contributed by atoms with Gasteiger partial charge in [-0.3, -0.25) is 4.79 Å². The standard InChI is InChI=1S/C12H18N2O2/c13-12(16)6-7-14-11(9-15)8-10-4-2-1-3-5-10/h1-5,11,14-15H,6-9H2,(H2,13,16). The Labute approximate surface area is 95.5 Å². The summed E-state index contributed by atoms with van der Waals surface area (Å²) in [6, 6.07) is 9.89. The first kappa shape index (κ1) is 12.7. The van der Waals surface area contributed by atoms with Crippen molar-refractivity contribution < 1.29 is 9.90 Å². The van der Waals surface area contributed by atoms with Gasteiger partial charge in [-0.15, -0.1) is 0 Å². The second kappa shape index (κ2) is 6.98. The van der Waals surface area contributed by atoms with E-state index in [-0.39, 0.29) is 18.6 Å². The van der Waals surface area contributed by atoms with Gasteiger partial charge in [0.2, 0.25) is 5.91 Å². The van der Waals surface area contributed by atoms with Gasteiger partial charge in [-0.25, -0.2) is 0 Å². The molecule has 4 heteroatoms. The highest BCUT2D eigenvalue weighted by Gasteiger charge is 2.07. The number of hydrogen-bond donors (Lipinski definition) is 3. The molecule has 0 saturated carbocycles. The molecule has 4 nitrogen and oxygen atoms in total. The van der Waals surface area contributed by atoms with Crippen molar-refractivity contribution in [2.45, 2.75) is 18.9 Å².